The number of hydrogen-bond donors (Lipinski definition) is 1. The Morgan fingerprint density at radius 2 is 1.77 bits per heavy atom. The average molecular weight is 453 g/mol. The van der Waals surface area contributed by atoms with E-state index in [-0.39, 0.29) is 10.8 Å². The van der Waals surface area contributed by atoms with Gasteiger partial charge in [-0.3, -0.25) is 9.20 Å². The number of imidazole rings is 1. The van der Waals surface area contributed by atoms with Crippen molar-refractivity contribution in [3.63, 3.8) is 0 Å². The van der Waals surface area contributed by atoms with Gasteiger partial charge in [0, 0.05) is 42.0 Å². The van der Waals surface area contributed by atoms with Crippen molar-refractivity contribution in [2.75, 3.05) is 18.4 Å². The zero-order valence-corrected chi connectivity index (χ0v) is 18.2. The molecule has 1 aliphatic rings. The van der Waals surface area contributed by atoms with E-state index in [0.29, 0.717) is 24.3 Å². The van der Waals surface area contributed by atoms with Crippen molar-refractivity contribution in [3.8, 4) is 11.3 Å². The number of thiazole rings is 1. The first-order valence-corrected chi connectivity index (χ1v) is 12.3. The maximum Gasteiger partial charge on any atom is 0.255 e. The number of nitrogens with one attached hydrogen (secondary N) is 1. The highest BCUT2D eigenvalue weighted by atomic mass is 32.2. The molecule has 0 radical (unpaired) electrons. The van der Waals surface area contributed by atoms with E-state index in [1.54, 1.807) is 23.5 Å². The van der Waals surface area contributed by atoms with Gasteiger partial charge in [0.05, 0.1) is 16.3 Å². The summed E-state index contributed by atoms with van der Waals surface area (Å²) >= 11 is 1.54. The molecule has 1 N–H and O–H groups in total. The Bertz CT molecular complexity index is 1320. The highest BCUT2D eigenvalue weighted by molar-refractivity contribution is 7.89. The molecule has 0 aliphatic carbocycles. The molecule has 3 heterocycles. The fraction of sp³-hybridized carbons (Fsp3) is 0.182. The average Bonchev–Trinajstić information content (AvgIpc) is 3.52. The molecule has 9 heteroatoms. The number of benzene rings is 2. The van der Waals surface area contributed by atoms with Crippen molar-refractivity contribution >= 4 is 37.9 Å². The molecular weight excluding hydrogens is 432 g/mol. The number of carbonyl (C=O) groups excluding carboxylic acids is 1. The van der Waals surface area contributed by atoms with Gasteiger partial charge in [-0.2, -0.15) is 4.31 Å². The molecule has 1 fully saturated rings. The van der Waals surface area contributed by atoms with Crippen LogP contribution in [-0.4, -0.2) is 41.1 Å². The third-order valence-corrected chi connectivity index (χ3v) is 8.05. The van der Waals surface area contributed by atoms with Crippen LogP contribution in [0.2, 0.25) is 0 Å². The number of sulfonamides is 1. The molecule has 31 heavy (non-hydrogen) atoms. The Hall–Kier alpha value is -3.01. The topological polar surface area (TPSA) is 83.8 Å². The van der Waals surface area contributed by atoms with Gasteiger partial charge in [0.2, 0.25) is 10.0 Å². The molecule has 2 aromatic carbocycles. The number of nitrogens with zero attached hydrogens (tertiary/aromatic N) is 3. The lowest BCUT2D eigenvalue weighted by molar-refractivity contribution is 0.102. The monoisotopic (exact) mass is 452 g/mol. The Balaban J connectivity index is 1.38. The molecular formula is C22H20N4O3S2. The fourth-order valence-corrected chi connectivity index (χ4v) is 5.94. The molecule has 0 bridgehead atoms. The molecule has 158 valence electrons. The summed E-state index contributed by atoms with van der Waals surface area (Å²) in [5, 5.41) is 4.90. The number of rotatable bonds is 5. The van der Waals surface area contributed by atoms with E-state index < -0.39 is 10.0 Å². The Labute approximate surface area is 184 Å². The summed E-state index contributed by atoms with van der Waals surface area (Å²) in [4.78, 5) is 18.6. The second-order valence-electron chi connectivity index (χ2n) is 7.35. The van der Waals surface area contributed by atoms with Crippen LogP contribution in [0.5, 0.6) is 0 Å². The summed E-state index contributed by atoms with van der Waals surface area (Å²) < 4.78 is 28.8. The van der Waals surface area contributed by atoms with Crippen LogP contribution in [-0.2, 0) is 10.0 Å². The van der Waals surface area contributed by atoms with Gasteiger partial charge in [-0.1, -0.05) is 18.2 Å². The van der Waals surface area contributed by atoms with Gasteiger partial charge in [0.25, 0.3) is 5.91 Å². The number of aromatic nitrogens is 2. The van der Waals surface area contributed by atoms with Crippen LogP contribution in [0.4, 0.5) is 5.69 Å². The van der Waals surface area contributed by atoms with Gasteiger partial charge in [-0.15, -0.1) is 11.3 Å². The van der Waals surface area contributed by atoms with Gasteiger partial charge in [0.15, 0.2) is 4.96 Å². The number of para-hydroxylation sites is 1. The van der Waals surface area contributed by atoms with Crippen LogP contribution in [0.3, 0.4) is 0 Å². The SMILES string of the molecule is O=C(Nc1ccccc1-c1cn2ccsc2n1)c1ccc(S(=O)(=O)N2CCCC2)cc1. The zero-order chi connectivity index (χ0) is 21.4. The molecule has 5 rings (SSSR count). The van der Waals surface area contributed by atoms with E-state index in [2.05, 4.69) is 10.3 Å². The summed E-state index contributed by atoms with van der Waals surface area (Å²) in [7, 11) is -3.50. The highest BCUT2D eigenvalue weighted by Crippen LogP contribution is 2.29. The largest absolute Gasteiger partial charge is 0.321 e. The van der Waals surface area contributed by atoms with Crippen LogP contribution in [0.1, 0.15) is 23.2 Å². The molecule has 0 atom stereocenters. The summed E-state index contributed by atoms with van der Waals surface area (Å²) in [5.74, 6) is -0.307. The Morgan fingerprint density at radius 3 is 2.52 bits per heavy atom. The molecule has 2 aromatic heterocycles. The van der Waals surface area contributed by atoms with Crippen LogP contribution in [0.25, 0.3) is 16.2 Å². The van der Waals surface area contributed by atoms with Crippen molar-refractivity contribution < 1.29 is 13.2 Å². The highest BCUT2D eigenvalue weighted by Gasteiger charge is 2.27. The fourth-order valence-electron chi connectivity index (χ4n) is 3.72. The third-order valence-electron chi connectivity index (χ3n) is 5.36. The lowest BCUT2D eigenvalue weighted by Gasteiger charge is -2.15. The molecule has 1 saturated heterocycles. The molecule has 0 saturated carbocycles. The van der Waals surface area contributed by atoms with Crippen molar-refractivity contribution in [3.05, 3.63) is 71.9 Å². The number of hydrogen-bond acceptors (Lipinski definition) is 5. The first-order valence-electron chi connectivity index (χ1n) is 9.95. The summed E-state index contributed by atoms with van der Waals surface area (Å²) in [6.07, 6.45) is 5.63. The lowest BCUT2D eigenvalue weighted by atomic mass is 10.1. The maximum absolute atomic E-state index is 12.8. The van der Waals surface area contributed by atoms with E-state index >= 15 is 0 Å². The normalized spacial score (nSPS) is 14.8. The van der Waals surface area contributed by atoms with Crippen LogP contribution in [0, 0.1) is 0 Å². The molecule has 4 aromatic rings. The summed E-state index contributed by atoms with van der Waals surface area (Å²) in [6.45, 7) is 1.10. The van der Waals surface area contributed by atoms with Crippen LogP contribution in [0.15, 0.2) is 71.2 Å². The maximum atomic E-state index is 12.8. The van der Waals surface area contributed by atoms with Gasteiger partial charge in [-0.25, -0.2) is 13.4 Å². The first kappa shape index (κ1) is 19.9. The standard InChI is InChI=1S/C22H20N4O3S2/c27-21(16-7-9-17(10-8-16)31(28,29)26-11-3-4-12-26)23-19-6-2-1-5-18(19)20-15-25-13-14-30-22(25)24-20/h1-2,5-10,13-15H,3-4,11-12H2,(H,23,27). The second kappa shape index (κ2) is 7.92. The van der Waals surface area contributed by atoms with Gasteiger partial charge < -0.3 is 5.32 Å². The minimum atomic E-state index is -3.50. The Morgan fingerprint density at radius 1 is 1.03 bits per heavy atom. The van der Waals surface area contributed by atoms with Crippen LogP contribution < -0.4 is 5.32 Å². The predicted octanol–water partition coefficient (Wildman–Crippen LogP) is 4.10. The minimum Gasteiger partial charge on any atom is -0.321 e. The number of fused-ring (bicyclic) bond motifs is 1. The molecule has 1 aliphatic heterocycles. The van der Waals surface area contributed by atoms with Gasteiger partial charge in [-0.05, 0) is 43.2 Å². The smallest absolute Gasteiger partial charge is 0.255 e. The first-order chi connectivity index (χ1) is 15.0. The number of carbonyl (C=O) groups is 1. The third kappa shape index (κ3) is 3.76. The second-order valence-corrected chi connectivity index (χ2v) is 10.2. The predicted molar refractivity (Wildman–Crippen MR) is 121 cm³/mol. The molecule has 1 amide bonds. The summed E-state index contributed by atoms with van der Waals surface area (Å²) in [5.41, 5.74) is 2.63. The van der Waals surface area contributed by atoms with Gasteiger partial charge in [0.1, 0.15) is 0 Å². The number of anilines is 1. The van der Waals surface area contributed by atoms with Crippen LogP contribution >= 0.6 is 11.3 Å². The van der Waals surface area contributed by atoms with Crippen molar-refractivity contribution in [2.24, 2.45) is 0 Å². The quantitative estimate of drug-likeness (QED) is 0.494. The lowest BCUT2D eigenvalue weighted by Crippen LogP contribution is -2.27. The van der Waals surface area contributed by atoms with E-state index in [0.717, 1.165) is 29.1 Å². The van der Waals surface area contributed by atoms with E-state index in [9.17, 15) is 13.2 Å². The van der Waals surface area contributed by atoms with E-state index in [1.165, 1.54) is 16.4 Å². The molecule has 0 unspecified atom stereocenters. The van der Waals surface area contributed by atoms with E-state index in [4.69, 9.17) is 0 Å². The number of amides is 1. The van der Waals surface area contributed by atoms with E-state index in [1.807, 2.05) is 46.4 Å². The van der Waals surface area contributed by atoms with Gasteiger partial charge >= 0.3 is 0 Å². The van der Waals surface area contributed by atoms with Crippen molar-refractivity contribution in [1.82, 2.24) is 13.7 Å². The minimum absolute atomic E-state index is 0.212. The summed E-state index contributed by atoms with van der Waals surface area (Å²) in [6, 6.07) is 13.6. The van der Waals surface area contributed by atoms with Crippen molar-refractivity contribution in [2.45, 2.75) is 17.7 Å². The molecule has 0 spiro atoms. The molecule has 7 nitrogen and oxygen atoms in total. The zero-order valence-electron chi connectivity index (χ0n) is 16.6. The Kier molecular flexibility index (Phi) is 5.09. The van der Waals surface area contributed by atoms with Crippen molar-refractivity contribution in [1.29, 1.82) is 0 Å².